The first-order valence-electron chi connectivity index (χ1n) is 8.33. The van der Waals surface area contributed by atoms with E-state index in [0.29, 0.717) is 13.0 Å². The van der Waals surface area contributed by atoms with Crippen molar-refractivity contribution in [2.45, 2.75) is 32.1 Å². The number of ketones is 1. The average Bonchev–Trinajstić information content (AvgIpc) is 2.58. The number of piperidine rings is 1. The van der Waals surface area contributed by atoms with E-state index in [4.69, 9.17) is 6.57 Å². The number of carbonyl (C=O) groups excluding carboxylic acids is 1. The van der Waals surface area contributed by atoms with Crippen molar-refractivity contribution in [3.05, 3.63) is 53.5 Å². The normalized spacial score (nSPS) is 29.4. The van der Waals surface area contributed by atoms with Crippen LogP contribution >= 0.6 is 0 Å². The second-order valence-electron chi connectivity index (χ2n) is 7.69. The molecule has 3 rings (SSSR count). The van der Waals surface area contributed by atoms with Gasteiger partial charge in [0.2, 0.25) is 15.7 Å². The number of hydrogen-bond donors (Lipinski definition) is 0. The van der Waals surface area contributed by atoms with Gasteiger partial charge in [-0.25, -0.2) is 13.3 Å². The van der Waals surface area contributed by atoms with E-state index in [2.05, 4.69) is 4.85 Å². The van der Waals surface area contributed by atoms with Gasteiger partial charge in [-0.3, -0.25) is 0 Å². The van der Waals surface area contributed by atoms with Gasteiger partial charge in [-0.15, -0.1) is 0 Å². The zero-order valence-electron chi connectivity index (χ0n) is 14.7. The van der Waals surface area contributed by atoms with Crippen molar-refractivity contribution < 1.29 is 13.2 Å². The Balaban J connectivity index is 2.01. The van der Waals surface area contributed by atoms with Gasteiger partial charge < -0.3 is 4.79 Å². The van der Waals surface area contributed by atoms with Crippen molar-refractivity contribution >= 4 is 15.8 Å². The summed E-state index contributed by atoms with van der Waals surface area (Å²) in [6.45, 7) is 13.7. The Labute approximate surface area is 149 Å². The summed E-state index contributed by atoms with van der Waals surface area (Å²) in [7, 11) is -3.58. The molecule has 1 aromatic rings. The van der Waals surface area contributed by atoms with Gasteiger partial charge in [0.05, 0.1) is 11.5 Å². The molecule has 1 aliphatic heterocycles. The molecule has 0 spiro atoms. The molecule has 0 N–H and O–H groups in total. The highest BCUT2D eigenvalue weighted by Gasteiger charge is 2.54. The third kappa shape index (κ3) is 2.72. The molecule has 0 amide bonds. The van der Waals surface area contributed by atoms with Gasteiger partial charge in [-0.1, -0.05) is 45.0 Å². The van der Waals surface area contributed by atoms with Crippen LogP contribution < -0.4 is 0 Å². The fourth-order valence-corrected chi connectivity index (χ4v) is 5.99. The topological polar surface area (TPSA) is 58.8 Å². The lowest BCUT2D eigenvalue weighted by molar-refractivity contribution is -0.131. The molecule has 25 heavy (non-hydrogen) atoms. The van der Waals surface area contributed by atoms with E-state index in [9.17, 15) is 13.2 Å². The Morgan fingerprint density at radius 3 is 2.44 bits per heavy atom. The summed E-state index contributed by atoms with van der Waals surface area (Å²) in [5, 5.41) is 0. The summed E-state index contributed by atoms with van der Waals surface area (Å²) in [6, 6.07) is 8.39. The standard InChI is InChI=1S/C19H22N2O3S/c1-18(2)16-10-11-21(25(23,24)14-8-6-5-7-9-14)13-19(16,3)12-15(20-4)17(18)22/h5-9,12,16H,10-11,13H2,1-3H3/t16-,19+/m1/s1. The van der Waals surface area contributed by atoms with Crippen LogP contribution in [-0.2, 0) is 14.8 Å². The van der Waals surface area contributed by atoms with Crippen molar-refractivity contribution in [1.29, 1.82) is 0 Å². The fourth-order valence-electron chi connectivity index (χ4n) is 4.40. The van der Waals surface area contributed by atoms with Crippen molar-refractivity contribution in [3.63, 3.8) is 0 Å². The quantitative estimate of drug-likeness (QED) is 0.763. The molecule has 2 aliphatic rings. The van der Waals surface area contributed by atoms with Crippen LogP contribution in [0.25, 0.3) is 4.85 Å². The van der Waals surface area contributed by atoms with Crippen molar-refractivity contribution in [1.82, 2.24) is 4.31 Å². The number of fused-ring (bicyclic) bond motifs is 1. The summed E-state index contributed by atoms with van der Waals surface area (Å²) in [4.78, 5) is 16.2. The van der Waals surface area contributed by atoms with E-state index in [1.165, 1.54) is 4.31 Å². The van der Waals surface area contributed by atoms with Gasteiger partial charge in [0.25, 0.3) is 0 Å². The van der Waals surface area contributed by atoms with Crippen LogP contribution in [0.1, 0.15) is 27.2 Å². The first kappa shape index (κ1) is 17.8. The first-order chi connectivity index (χ1) is 11.6. The van der Waals surface area contributed by atoms with Crippen LogP contribution in [0.15, 0.2) is 47.0 Å². The molecule has 1 fully saturated rings. The van der Waals surface area contributed by atoms with Crippen molar-refractivity contribution in [3.8, 4) is 0 Å². The minimum absolute atomic E-state index is 0.0141. The van der Waals surface area contributed by atoms with Gasteiger partial charge in [0, 0.05) is 18.5 Å². The molecule has 1 aliphatic carbocycles. The molecule has 1 heterocycles. The third-order valence-corrected chi connectivity index (χ3v) is 7.50. The largest absolute Gasteiger partial charge is 0.307 e. The molecule has 0 bridgehead atoms. The highest BCUT2D eigenvalue weighted by atomic mass is 32.2. The van der Waals surface area contributed by atoms with E-state index in [1.54, 1.807) is 36.4 Å². The summed E-state index contributed by atoms with van der Waals surface area (Å²) in [6.07, 6.45) is 2.30. The van der Waals surface area contributed by atoms with Crippen LogP contribution in [0, 0.1) is 23.3 Å². The Bertz CT molecular complexity index is 881. The van der Waals surface area contributed by atoms with E-state index in [-0.39, 0.29) is 28.8 Å². The Morgan fingerprint density at radius 2 is 1.84 bits per heavy atom. The average molecular weight is 358 g/mol. The molecule has 0 unspecified atom stereocenters. The molecular formula is C19H22N2O3S. The number of nitrogens with zero attached hydrogens (tertiary/aromatic N) is 2. The predicted molar refractivity (Wildman–Crippen MR) is 94.9 cm³/mol. The smallest absolute Gasteiger partial charge is 0.243 e. The molecule has 0 aromatic heterocycles. The van der Waals surface area contributed by atoms with Gasteiger partial charge >= 0.3 is 0 Å². The summed E-state index contributed by atoms with van der Waals surface area (Å²) < 4.78 is 27.4. The lowest BCUT2D eigenvalue weighted by Crippen LogP contribution is -2.56. The second kappa shape index (κ2) is 5.79. The number of sulfonamides is 1. The van der Waals surface area contributed by atoms with E-state index in [0.717, 1.165) is 0 Å². The molecule has 5 nitrogen and oxygen atoms in total. The van der Waals surface area contributed by atoms with E-state index in [1.807, 2.05) is 20.8 Å². The summed E-state index contributed by atoms with van der Waals surface area (Å²) in [5.41, 5.74) is -1.06. The maximum Gasteiger partial charge on any atom is 0.243 e. The Kier molecular flexibility index (Phi) is 4.13. The molecule has 0 radical (unpaired) electrons. The number of rotatable bonds is 2. The maximum atomic E-state index is 13.0. The first-order valence-corrected chi connectivity index (χ1v) is 9.77. The second-order valence-corrected chi connectivity index (χ2v) is 9.63. The van der Waals surface area contributed by atoms with Crippen molar-refractivity contribution in [2.24, 2.45) is 16.7 Å². The molecule has 1 aromatic carbocycles. The van der Waals surface area contributed by atoms with Gasteiger partial charge in [0.1, 0.15) is 0 Å². The molecule has 1 saturated heterocycles. The monoisotopic (exact) mass is 358 g/mol. The van der Waals surface area contributed by atoms with Gasteiger partial charge in [0.15, 0.2) is 5.78 Å². The zero-order chi connectivity index (χ0) is 18.5. The lowest BCUT2D eigenvalue weighted by atomic mass is 9.56. The number of hydrogen-bond acceptors (Lipinski definition) is 3. The minimum atomic E-state index is -3.58. The number of allylic oxidation sites excluding steroid dienone is 1. The Morgan fingerprint density at radius 1 is 1.20 bits per heavy atom. The number of carbonyl (C=O) groups is 1. The third-order valence-electron chi connectivity index (χ3n) is 5.64. The maximum absolute atomic E-state index is 13.0. The molecular weight excluding hydrogens is 336 g/mol. The molecule has 132 valence electrons. The van der Waals surface area contributed by atoms with E-state index >= 15 is 0 Å². The predicted octanol–water partition coefficient (Wildman–Crippen LogP) is 3.12. The number of benzene rings is 1. The van der Waals surface area contributed by atoms with Gasteiger partial charge in [-0.2, -0.15) is 4.31 Å². The van der Waals surface area contributed by atoms with Crippen LogP contribution in [0.3, 0.4) is 0 Å². The fraction of sp³-hybridized carbons (Fsp3) is 0.474. The summed E-state index contributed by atoms with van der Waals surface area (Å²) >= 11 is 0. The molecule has 0 saturated carbocycles. The number of Topliss-reactive ketones (excluding diaryl/α,β-unsaturated/α-hetero) is 1. The SMILES string of the molecule is [C-]#[N+]C1=C[C@@]2(C)CN(S(=O)(=O)c3ccccc3)CC[C@@H]2C(C)(C)C1=O. The minimum Gasteiger partial charge on any atom is -0.307 e. The molecule has 6 heteroatoms. The van der Waals surface area contributed by atoms with Crippen LogP contribution in [0.4, 0.5) is 0 Å². The van der Waals surface area contributed by atoms with Crippen molar-refractivity contribution in [2.75, 3.05) is 13.1 Å². The van der Waals surface area contributed by atoms with Crippen LogP contribution in [0.5, 0.6) is 0 Å². The van der Waals surface area contributed by atoms with Gasteiger partial charge in [-0.05, 0) is 29.9 Å². The van der Waals surface area contributed by atoms with Crippen LogP contribution in [0.2, 0.25) is 0 Å². The Hall–Kier alpha value is -1.97. The molecule has 2 atom stereocenters. The van der Waals surface area contributed by atoms with E-state index < -0.39 is 20.9 Å². The highest BCUT2D eigenvalue weighted by Crippen LogP contribution is 2.52. The summed E-state index contributed by atoms with van der Waals surface area (Å²) in [5.74, 6) is -0.121. The highest BCUT2D eigenvalue weighted by molar-refractivity contribution is 7.89. The lowest BCUT2D eigenvalue weighted by Gasteiger charge is -2.52. The zero-order valence-corrected chi connectivity index (χ0v) is 15.5. The van der Waals surface area contributed by atoms with Crippen LogP contribution in [-0.4, -0.2) is 31.6 Å².